The Kier molecular flexibility index (Phi) is 6.86. The molecule has 182 valence electrons. The number of halogens is 2. The van der Waals surface area contributed by atoms with Crippen LogP contribution in [0.15, 0.2) is 54.6 Å². The van der Waals surface area contributed by atoms with Gasteiger partial charge in [0.05, 0.1) is 11.7 Å². The van der Waals surface area contributed by atoms with E-state index >= 15 is 0 Å². The van der Waals surface area contributed by atoms with Crippen molar-refractivity contribution in [2.75, 3.05) is 18.1 Å². The molecule has 0 aliphatic carbocycles. The molecule has 9 heteroatoms. The minimum Gasteiger partial charge on any atom is -0.471 e. The van der Waals surface area contributed by atoms with Crippen molar-refractivity contribution in [3.8, 4) is 28.3 Å². The van der Waals surface area contributed by atoms with E-state index in [0.29, 0.717) is 52.4 Å². The lowest BCUT2D eigenvalue weighted by atomic mass is 9.83. The molecule has 1 saturated heterocycles. The van der Waals surface area contributed by atoms with E-state index in [-0.39, 0.29) is 0 Å². The second-order valence-electron chi connectivity index (χ2n) is 8.88. The second-order valence-corrected chi connectivity index (χ2v) is 11.4. The maximum absolute atomic E-state index is 12.2. The zero-order chi connectivity index (χ0) is 24.6. The van der Waals surface area contributed by atoms with Gasteiger partial charge in [-0.3, -0.25) is 9.00 Å². The zero-order valence-electron chi connectivity index (χ0n) is 18.8. The van der Waals surface area contributed by atoms with E-state index in [1.807, 2.05) is 54.6 Å². The predicted octanol–water partition coefficient (Wildman–Crippen LogP) is 4.94. The summed E-state index contributed by atoms with van der Waals surface area (Å²) < 4.78 is 18.6. The normalized spacial score (nSPS) is 23.4. The number of amides is 1. The molecule has 2 aromatic carbocycles. The van der Waals surface area contributed by atoms with Crippen molar-refractivity contribution in [3.63, 3.8) is 0 Å². The zero-order valence-corrected chi connectivity index (χ0v) is 21.1. The van der Waals surface area contributed by atoms with Crippen LogP contribution in [-0.4, -0.2) is 43.9 Å². The van der Waals surface area contributed by atoms with Crippen molar-refractivity contribution in [1.29, 1.82) is 0 Å². The summed E-state index contributed by atoms with van der Waals surface area (Å²) in [5.74, 6) is 1.02. The molecule has 0 bridgehead atoms. The summed E-state index contributed by atoms with van der Waals surface area (Å²) in [5, 5.41) is 13.5. The number of carbonyl (C=O) groups is 1. The lowest BCUT2D eigenvalue weighted by molar-refractivity contribution is -0.125. The highest BCUT2D eigenvalue weighted by Gasteiger charge is 2.44. The number of pyridine rings is 1. The van der Waals surface area contributed by atoms with Gasteiger partial charge in [-0.2, -0.15) is 0 Å². The molecule has 3 heterocycles. The summed E-state index contributed by atoms with van der Waals surface area (Å²) in [7, 11) is -0.873. The number of nitrogens with zero attached hydrogens (tertiary/aromatic N) is 1. The number of aliphatic hydroxyl groups is 1. The van der Waals surface area contributed by atoms with Crippen molar-refractivity contribution >= 4 is 39.9 Å². The van der Waals surface area contributed by atoms with Crippen molar-refractivity contribution in [3.05, 3.63) is 70.2 Å². The first-order chi connectivity index (χ1) is 16.9. The fraction of sp³-hybridized carbons (Fsp3) is 0.308. The molecule has 1 unspecified atom stereocenters. The summed E-state index contributed by atoms with van der Waals surface area (Å²) in [6.45, 7) is -0.612. The first kappa shape index (κ1) is 24.3. The van der Waals surface area contributed by atoms with Crippen LogP contribution < -0.4 is 10.1 Å². The van der Waals surface area contributed by atoms with E-state index in [9.17, 15) is 14.1 Å². The van der Waals surface area contributed by atoms with Gasteiger partial charge in [0.1, 0.15) is 12.2 Å². The van der Waals surface area contributed by atoms with Crippen LogP contribution in [-0.2, 0) is 15.6 Å². The number of fused-ring (bicyclic) bond motifs is 1. The number of aromatic nitrogens is 1. The van der Waals surface area contributed by atoms with Crippen molar-refractivity contribution in [2.45, 2.75) is 30.9 Å². The maximum atomic E-state index is 12.2. The van der Waals surface area contributed by atoms with Crippen molar-refractivity contribution < 1.29 is 18.8 Å². The molecule has 2 aliphatic heterocycles. The van der Waals surface area contributed by atoms with Crippen LogP contribution in [0.4, 0.5) is 0 Å². The summed E-state index contributed by atoms with van der Waals surface area (Å²) in [5.41, 5.74) is 3.26. The molecule has 6 nitrogen and oxygen atoms in total. The van der Waals surface area contributed by atoms with Crippen LogP contribution >= 0.6 is 23.2 Å². The van der Waals surface area contributed by atoms with E-state index in [1.165, 1.54) is 0 Å². The van der Waals surface area contributed by atoms with E-state index in [2.05, 4.69) is 5.32 Å². The number of benzene rings is 2. The largest absolute Gasteiger partial charge is 0.471 e. The van der Waals surface area contributed by atoms with Crippen molar-refractivity contribution in [2.24, 2.45) is 0 Å². The fourth-order valence-electron chi connectivity index (χ4n) is 4.78. The van der Waals surface area contributed by atoms with Gasteiger partial charge in [-0.05, 0) is 42.7 Å². The van der Waals surface area contributed by atoms with E-state index in [0.717, 1.165) is 22.3 Å². The van der Waals surface area contributed by atoms with Gasteiger partial charge in [-0.25, -0.2) is 4.98 Å². The molecule has 2 N–H and O–H groups in total. The Hall–Kier alpha value is -2.45. The number of aliphatic hydroxyl groups excluding tert-OH is 1. The monoisotopic (exact) mass is 530 g/mol. The minimum absolute atomic E-state index is 0.413. The third kappa shape index (κ3) is 4.96. The maximum Gasteiger partial charge on any atom is 0.246 e. The van der Waals surface area contributed by atoms with E-state index < -0.39 is 35.0 Å². The molecule has 0 radical (unpaired) electrons. The molecule has 5 rings (SSSR count). The van der Waals surface area contributed by atoms with Crippen LogP contribution in [0.2, 0.25) is 10.0 Å². The van der Waals surface area contributed by atoms with E-state index in [4.69, 9.17) is 32.9 Å². The highest BCUT2D eigenvalue weighted by molar-refractivity contribution is 7.85. The van der Waals surface area contributed by atoms with Crippen molar-refractivity contribution in [1.82, 2.24) is 10.3 Å². The molecule has 2 aliphatic rings. The second kappa shape index (κ2) is 9.90. The topological polar surface area (TPSA) is 88.5 Å². The average Bonchev–Trinajstić information content (AvgIpc) is 2.86. The SMILES string of the molecule is O=C(CO)NC1CC2(CCS(=O)CC2)Oc2nc(-c3ccccc3Cl)c(-c3ccc(Cl)cc3)cc21. The van der Waals surface area contributed by atoms with Gasteiger partial charge in [0.15, 0.2) is 0 Å². The Morgan fingerprint density at radius 1 is 1.11 bits per heavy atom. The molecule has 1 fully saturated rings. The summed E-state index contributed by atoms with van der Waals surface area (Å²) in [6, 6.07) is 16.5. The Morgan fingerprint density at radius 3 is 2.51 bits per heavy atom. The highest BCUT2D eigenvalue weighted by atomic mass is 35.5. The molecule has 1 amide bonds. The van der Waals surface area contributed by atoms with Gasteiger partial charge >= 0.3 is 0 Å². The highest BCUT2D eigenvalue weighted by Crippen LogP contribution is 2.47. The molecule has 1 atom stereocenters. The smallest absolute Gasteiger partial charge is 0.246 e. The molecule has 0 saturated carbocycles. The van der Waals surface area contributed by atoms with E-state index in [1.54, 1.807) is 0 Å². The number of rotatable bonds is 4. The van der Waals surface area contributed by atoms with Gasteiger partial charge < -0.3 is 15.2 Å². The fourth-order valence-corrected chi connectivity index (χ4v) is 6.54. The average molecular weight is 531 g/mol. The lowest BCUT2D eigenvalue weighted by Crippen LogP contribution is -2.49. The predicted molar refractivity (Wildman–Crippen MR) is 138 cm³/mol. The molecular weight excluding hydrogens is 507 g/mol. The number of hydrogen-bond acceptors (Lipinski definition) is 5. The van der Waals surface area contributed by atoms with Crippen LogP contribution in [0.3, 0.4) is 0 Å². The first-order valence-electron chi connectivity index (χ1n) is 11.4. The Morgan fingerprint density at radius 2 is 1.83 bits per heavy atom. The third-order valence-corrected chi connectivity index (χ3v) is 8.51. The van der Waals surface area contributed by atoms with Crippen LogP contribution in [0.25, 0.3) is 22.4 Å². The Bertz CT molecular complexity index is 1290. The Labute approximate surface area is 216 Å². The lowest BCUT2D eigenvalue weighted by Gasteiger charge is -2.44. The molecular formula is C26H24Cl2N2O4S. The molecule has 35 heavy (non-hydrogen) atoms. The number of carbonyl (C=O) groups excluding carboxylic acids is 1. The number of hydrogen-bond donors (Lipinski definition) is 2. The number of ether oxygens (including phenoxy) is 1. The van der Waals surface area contributed by atoms with Gasteiger partial charge in [0, 0.05) is 55.5 Å². The van der Waals surface area contributed by atoms with Crippen LogP contribution in [0.5, 0.6) is 5.88 Å². The first-order valence-corrected chi connectivity index (χ1v) is 13.6. The summed E-state index contributed by atoms with van der Waals surface area (Å²) >= 11 is 12.7. The van der Waals surface area contributed by atoms with Gasteiger partial charge in [-0.1, -0.05) is 53.5 Å². The van der Waals surface area contributed by atoms with Gasteiger partial charge in [-0.15, -0.1) is 0 Å². The number of nitrogens with one attached hydrogen (secondary N) is 1. The minimum atomic E-state index is -0.873. The molecule has 1 spiro atoms. The van der Waals surface area contributed by atoms with Crippen LogP contribution in [0, 0.1) is 0 Å². The summed E-state index contributed by atoms with van der Waals surface area (Å²) in [4.78, 5) is 17.2. The molecule has 3 aromatic rings. The third-order valence-electron chi connectivity index (χ3n) is 6.61. The summed E-state index contributed by atoms with van der Waals surface area (Å²) in [6.07, 6.45) is 1.72. The van der Waals surface area contributed by atoms with Crippen LogP contribution in [0.1, 0.15) is 30.9 Å². The quantitative estimate of drug-likeness (QED) is 0.498. The Balaban J connectivity index is 1.69. The molecule has 1 aromatic heterocycles. The van der Waals surface area contributed by atoms with Gasteiger partial charge in [0.2, 0.25) is 11.8 Å². The van der Waals surface area contributed by atoms with Gasteiger partial charge in [0.25, 0.3) is 0 Å². The standard InChI is InChI=1S/C26H24Cl2N2O4S/c27-17-7-5-16(6-8-17)19-13-20-22(29-23(32)15-31)14-26(9-11-35(33)12-10-26)34-25(20)30-24(19)18-3-1-2-4-21(18)28/h1-8,13,22,31H,9-12,14-15H2,(H,29,32).